The molecule has 0 aliphatic rings. The molecule has 0 fully saturated rings. The molecule has 184 valence electrons. The Bertz CT molecular complexity index is 1290. The number of ether oxygens (including phenoxy) is 1. The summed E-state index contributed by atoms with van der Waals surface area (Å²) in [6.07, 6.45) is 6.71. The van der Waals surface area contributed by atoms with Crippen LogP contribution in [-0.2, 0) is 7.05 Å². The van der Waals surface area contributed by atoms with E-state index in [9.17, 15) is 8.78 Å². The third kappa shape index (κ3) is 5.83. The Morgan fingerprint density at radius 3 is 2.77 bits per heavy atom. The molecule has 10 nitrogen and oxygen atoms in total. The van der Waals surface area contributed by atoms with Gasteiger partial charge in [-0.2, -0.15) is 19.0 Å². The van der Waals surface area contributed by atoms with E-state index in [-0.39, 0.29) is 11.1 Å². The van der Waals surface area contributed by atoms with Crippen LogP contribution < -0.4 is 15.8 Å². The normalized spacial score (nSPS) is 12.2. The number of anilines is 2. The number of nitrogen functional groups attached to an aromatic ring is 1. The van der Waals surface area contributed by atoms with Crippen LogP contribution in [-0.4, -0.2) is 47.7 Å². The third-order valence-electron chi connectivity index (χ3n) is 5.21. The maximum atomic E-state index is 12.9. The lowest BCUT2D eigenvalue weighted by atomic mass is 10.1. The van der Waals surface area contributed by atoms with Crippen LogP contribution in [0.4, 0.5) is 20.3 Å². The van der Waals surface area contributed by atoms with Crippen molar-refractivity contribution < 1.29 is 13.5 Å². The molecule has 0 radical (unpaired) electrons. The van der Waals surface area contributed by atoms with Gasteiger partial charge in [-0.25, -0.2) is 24.3 Å². The Balaban J connectivity index is 1.37. The van der Waals surface area contributed by atoms with E-state index in [0.717, 1.165) is 6.42 Å². The van der Waals surface area contributed by atoms with Crippen molar-refractivity contribution in [3.63, 3.8) is 0 Å². The number of nitrogens with zero attached hydrogens (tertiary/aromatic N) is 7. The topological polar surface area (TPSA) is 122 Å². The Morgan fingerprint density at radius 1 is 1.20 bits per heavy atom. The predicted octanol–water partition coefficient (Wildman–Crippen LogP) is 4.28. The fourth-order valence-corrected chi connectivity index (χ4v) is 3.54. The lowest BCUT2D eigenvalue weighted by molar-refractivity contribution is 0.0568. The predicted molar refractivity (Wildman–Crippen MR) is 128 cm³/mol. The molecule has 4 heterocycles. The highest BCUT2D eigenvalue weighted by Crippen LogP contribution is 2.30. The molecule has 4 aromatic rings. The van der Waals surface area contributed by atoms with Crippen LogP contribution in [0.5, 0.6) is 5.88 Å². The number of nitrogens with two attached hydrogens (primary N) is 1. The van der Waals surface area contributed by atoms with Crippen LogP contribution in [0.1, 0.15) is 19.9 Å². The maximum absolute atomic E-state index is 12.9. The van der Waals surface area contributed by atoms with Gasteiger partial charge in [0.05, 0.1) is 18.5 Å². The fourth-order valence-electron chi connectivity index (χ4n) is 3.38. The minimum absolute atomic E-state index is 0.172. The van der Waals surface area contributed by atoms with E-state index in [4.69, 9.17) is 22.1 Å². The number of aromatic nitrogens is 7. The van der Waals surface area contributed by atoms with Gasteiger partial charge in [0.1, 0.15) is 16.5 Å². The minimum Gasteiger partial charge on any atom is -0.477 e. The number of rotatable bonds is 10. The average Bonchev–Trinajstić information content (AvgIpc) is 3.45. The van der Waals surface area contributed by atoms with E-state index in [2.05, 4.69) is 37.4 Å². The highest BCUT2D eigenvalue weighted by Gasteiger charge is 2.17. The van der Waals surface area contributed by atoms with E-state index >= 15 is 0 Å². The third-order valence-corrected chi connectivity index (χ3v) is 5.42. The number of halogens is 3. The molecule has 0 aromatic carbocycles. The van der Waals surface area contributed by atoms with Crippen LogP contribution >= 0.6 is 11.6 Å². The van der Waals surface area contributed by atoms with Crippen LogP contribution in [0.15, 0.2) is 43.0 Å². The van der Waals surface area contributed by atoms with E-state index in [0.29, 0.717) is 57.9 Å². The van der Waals surface area contributed by atoms with Crippen molar-refractivity contribution >= 4 is 23.1 Å². The monoisotopic (exact) mass is 503 g/mol. The van der Waals surface area contributed by atoms with Crippen molar-refractivity contribution in [3.05, 3.63) is 48.1 Å². The molecule has 35 heavy (non-hydrogen) atoms. The number of pyridine rings is 1. The Labute approximate surface area is 205 Å². The molecular formula is C22H24ClF2N9O. The minimum atomic E-state index is -2.72. The average molecular weight is 504 g/mol. The molecule has 0 unspecified atom stereocenters. The zero-order valence-electron chi connectivity index (χ0n) is 19.1. The summed E-state index contributed by atoms with van der Waals surface area (Å²) in [5.41, 5.74) is 8.05. The Morgan fingerprint density at radius 2 is 2.03 bits per heavy atom. The molecule has 1 atom stereocenters. The van der Waals surface area contributed by atoms with E-state index in [1.54, 1.807) is 36.3 Å². The molecule has 4 rings (SSSR count). The molecule has 0 spiro atoms. The first kappa shape index (κ1) is 24.3. The fraction of sp³-hybridized carbons (Fsp3) is 0.318. The highest BCUT2D eigenvalue weighted by molar-refractivity contribution is 6.29. The SMILES string of the molecule is C[C@H](CCNc1cc(Cl)ncc1-c1ccn(C(F)F)n1)COc1c(-c2nccc(N)n2)cnn1C. The summed E-state index contributed by atoms with van der Waals surface area (Å²) >= 11 is 6.06. The van der Waals surface area contributed by atoms with Crippen LogP contribution in [0, 0.1) is 5.92 Å². The smallest absolute Gasteiger partial charge is 0.333 e. The van der Waals surface area contributed by atoms with Gasteiger partial charge in [0.2, 0.25) is 5.88 Å². The lowest BCUT2D eigenvalue weighted by Gasteiger charge is -2.16. The second-order valence-electron chi connectivity index (χ2n) is 7.94. The molecule has 0 saturated heterocycles. The molecule has 0 aliphatic carbocycles. The zero-order valence-corrected chi connectivity index (χ0v) is 19.8. The van der Waals surface area contributed by atoms with Gasteiger partial charge in [-0.1, -0.05) is 18.5 Å². The van der Waals surface area contributed by atoms with Gasteiger partial charge < -0.3 is 15.8 Å². The summed E-state index contributed by atoms with van der Waals surface area (Å²) in [4.78, 5) is 12.5. The van der Waals surface area contributed by atoms with E-state index in [1.807, 2.05) is 0 Å². The molecule has 0 saturated carbocycles. The van der Waals surface area contributed by atoms with Crippen LogP contribution in [0.3, 0.4) is 0 Å². The van der Waals surface area contributed by atoms with E-state index < -0.39 is 6.55 Å². The summed E-state index contributed by atoms with van der Waals surface area (Å²) in [5.74, 6) is 1.53. The lowest BCUT2D eigenvalue weighted by Crippen LogP contribution is -2.15. The quantitative estimate of drug-likeness (QED) is 0.307. The van der Waals surface area contributed by atoms with Gasteiger partial charge in [0.25, 0.3) is 0 Å². The van der Waals surface area contributed by atoms with E-state index in [1.165, 1.54) is 18.5 Å². The molecular weight excluding hydrogens is 480 g/mol. The Hall–Kier alpha value is -3.80. The number of nitrogens with one attached hydrogen (secondary N) is 1. The van der Waals surface area contributed by atoms with Crippen molar-refractivity contribution in [2.24, 2.45) is 13.0 Å². The van der Waals surface area contributed by atoms with Gasteiger partial charge in [0, 0.05) is 43.4 Å². The Kier molecular flexibility index (Phi) is 7.39. The standard InChI is InChI=1S/C22H24ClF2N9O/c1-13(12-35-21-15(11-30-33(21)2)20-28-7-4-19(26)31-20)3-6-27-17-9-18(23)29-10-14(17)16-5-8-34(32-16)22(24)25/h4-5,7-11,13,22H,3,6,12H2,1-2H3,(H,27,29)(H2,26,28,31)/t13-/m1/s1. The summed E-state index contributed by atoms with van der Waals surface area (Å²) in [6.45, 7) is 0.356. The van der Waals surface area contributed by atoms with Gasteiger partial charge in [-0.15, -0.1) is 0 Å². The maximum Gasteiger partial charge on any atom is 0.333 e. The largest absolute Gasteiger partial charge is 0.477 e. The number of hydrogen-bond acceptors (Lipinski definition) is 8. The van der Waals surface area contributed by atoms with Crippen molar-refractivity contribution in [3.8, 4) is 28.5 Å². The molecule has 0 bridgehead atoms. The first-order valence-corrected chi connectivity index (χ1v) is 11.2. The van der Waals surface area contributed by atoms with Gasteiger partial charge in [-0.05, 0) is 30.5 Å². The van der Waals surface area contributed by atoms with Gasteiger partial charge in [-0.3, -0.25) is 0 Å². The van der Waals surface area contributed by atoms with Crippen molar-refractivity contribution in [2.75, 3.05) is 24.2 Å². The second-order valence-corrected chi connectivity index (χ2v) is 8.32. The van der Waals surface area contributed by atoms with Crippen molar-refractivity contribution in [2.45, 2.75) is 19.9 Å². The zero-order chi connectivity index (χ0) is 24.9. The van der Waals surface area contributed by atoms with Crippen molar-refractivity contribution in [1.29, 1.82) is 0 Å². The second kappa shape index (κ2) is 10.6. The summed E-state index contributed by atoms with van der Waals surface area (Å²) < 4.78 is 34.1. The molecule has 0 amide bonds. The number of hydrogen-bond donors (Lipinski definition) is 2. The van der Waals surface area contributed by atoms with Gasteiger partial charge in [0.15, 0.2) is 5.82 Å². The summed E-state index contributed by atoms with van der Waals surface area (Å²) in [7, 11) is 1.78. The van der Waals surface area contributed by atoms with Crippen molar-refractivity contribution in [1.82, 2.24) is 34.5 Å². The van der Waals surface area contributed by atoms with Crippen LogP contribution in [0.25, 0.3) is 22.6 Å². The van der Waals surface area contributed by atoms with Crippen LogP contribution in [0.2, 0.25) is 5.15 Å². The molecule has 0 aliphatic heterocycles. The van der Waals surface area contributed by atoms with Gasteiger partial charge >= 0.3 is 6.55 Å². The summed E-state index contributed by atoms with van der Waals surface area (Å²) in [6, 6.07) is 4.77. The molecule has 3 N–H and O–H groups in total. The summed E-state index contributed by atoms with van der Waals surface area (Å²) in [5, 5.41) is 11.8. The first-order valence-electron chi connectivity index (χ1n) is 10.8. The highest BCUT2D eigenvalue weighted by atomic mass is 35.5. The first-order chi connectivity index (χ1) is 16.8. The number of aryl methyl sites for hydroxylation is 1. The molecule has 4 aromatic heterocycles. The molecule has 13 heteroatoms. The number of alkyl halides is 2.